The summed E-state index contributed by atoms with van der Waals surface area (Å²) in [4.78, 5) is 4.25. The molecule has 0 spiro atoms. The van der Waals surface area contributed by atoms with Gasteiger partial charge in [-0.15, -0.1) is 0 Å². The minimum Gasteiger partial charge on any atom is -0.489 e. The summed E-state index contributed by atoms with van der Waals surface area (Å²) < 4.78 is 34.4. The highest BCUT2D eigenvalue weighted by Gasteiger charge is 2.24. The van der Waals surface area contributed by atoms with Crippen molar-refractivity contribution in [1.82, 2.24) is 9.55 Å². The van der Waals surface area contributed by atoms with Gasteiger partial charge in [-0.1, -0.05) is 41.9 Å². The molecule has 0 bridgehead atoms. The average Bonchev–Trinajstić information content (AvgIpc) is 3.34. The number of hydrogen-bond donors (Lipinski definition) is 0. The van der Waals surface area contributed by atoms with Crippen LogP contribution in [0.2, 0.25) is 5.02 Å². The predicted molar refractivity (Wildman–Crippen MR) is 138 cm³/mol. The first-order valence-electron chi connectivity index (χ1n) is 12.0. The van der Waals surface area contributed by atoms with Gasteiger partial charge in [0.15, 0.2) is 0 Å². The molecule has 1 aliphatic heterocycles. The maximum absolute atomic E-state index is 15.1. The third-order valence-electron chi connectivity index (χ3n) is 6.61. The van der Waals surface area contributed by atoms with Gasteiger partial charge in [-0.3, -0.25) is 0 Å². The summed E-state index contributed by atoms with van der Waals surface area (Å²) in [5.74, 6) is 1.24. The molecule has 2 heterocycles. The molecular formula is C29H28ClFN2O3. The summed E-state index contributed by atoms with van der Waals surface area (Å²) >= 11 is 6.53. The number of rotatable bonds is 7. The van der Waals surface area contributed by atoms with Crippen molar-refractivity contribution in [3.05, 3.63) is 101 Å². The fraction of sp³-hybridized carbons (Fsp3) is 0.276. The second-order valence-electron chi connectivity index (χ2n) is 8.92. The molecule has 5 rings (SSSR count). The van der Waals surface area contributed by atoms with E-state index in [2.05, 4.69) is 4.98 Å². The minimum absolute atomic E-state index is 0.139. The molecule has 186 valence electrons. The highest BCUT2D eigenvalue weighted by molar-refractivity contribution is 6.31. The highest BCUT2D eigenvalue weighted by atomic mass is 35.5. The zero-order valence-corrected chi connectivity index (χ0v) is 21.0. The zero-order valence-electron chi connectivity index (χ0n) is 20.3. The predicted octanol–water partition coefficient (Wildman–Crippen LogP) is 7.09. The van der Waals surface area contributed by atoms with Crippen LogP contribution in [-0.4, -0.2) is 29.4 Å². The average molecular weight is 507 g/mol. The Bertz CT molecular complexity index is 1360. The van der Waals surface area contributed by atoms with Crippen molar-refractivity contribution in [3.8, 4) is 22.6 Å². The number of benzene rings is 3. The van der Waals surface area contributed by atoms with E-state index in [-0.39, 0.29) is 18.0 Å². The molecule has 4 aromatic rings. The van der Waals surface area contributed by atoms with Gasteiger partial charge >= 0.3 is 0 Å². The van der Waals surface area contributed by atoms with Gasteiger partial charge in [-0.25, -0.2) is 9.37 Å². The minimum atomic E-state index is -0.291. The van der Waals surface area contributed by atoms with Crippen LogP contribution in [0.3, 0.4) is 0 Å². The Labute approximate surface area is 215 Å². The number of nitrogens with zero attached hydrogens (tertiary/aromatic N) is 2. The molecule has 7 heteroatoms. The lowest BCUT2D eigenvalue weighted by Gasteiger charge is -2.29. The van der Waals surface area contributed by atoms with Gasteiger partial charge in [0, 0.05) is 54.4 Å². The van der Waals surface area contributed by atoms with Gasteiger partial charge in [0.1, 0.15) is 24.0 Å². The molecular weight excluding hydrogens is 479 g/mol. The summed E-state index contributed by atoms with van der Waals surface area (Å²) in [6, 6.07) is 18.5. The fourth-order valence-electron chi connectivity index (χ4n) is 4.55. The largest absolute Gasteiger partial charge is 0.489 e. The van der Waals surface area contributed by atoms with E-state index in [1.165, 1.54) is 0 Å². The van der Waals surface area contributed by atoms with E-state index in [1.54, 1.807) is 25.4 Å². The van der Waals surface area contributed by atoms with Crippen molar-refractivity contribution in [2.75, 3.05) is 13.7 Å². The molecule has 2 atom stereocenters. The molecule has 0 amide bonds. The van der Waals surface area contributed by atoms with Gasteiger partial charge < -0.3 is 18.8 Å². The number of aryl methyl sites for hydroxylation is 1. The van der Waals surface area contributed by atoms with E-state index in [1.807, 2.05) is 66.2 Å². The van der Waals surface area contributed by atoms with Gasteiger partial charge in [0.25, 0.3) is 0 Å². The van der Waals surface area contributed by atoms with Crippen LogP contribution in [0.25, 0.3) is 16.8 Å². The first-order valence-corrected chi connectivity index (χ1v) is 12.4. The molecule has 5 nitrogen and oxygen atoms in total. The molecule has 2 unspecified atom stereocenters. The molecule has 3 aromatic carbocycles. The maximum atomic E-state index is 15.1. The Morgan fingerprint density at radius 2 is 2.03 bits per heavy atom. The Hall–Kier alpha value is -3.19. The molecule has 1 aromatic heterocycles. The number of hydrogen-bond acceptors (Lipinski definition) is 4. The maximum Gasteiger partial charge on any atom is 0.131 e. The van der Waals surface area contributed by atoms with Crippen LogP contribution in [-0.2, 0) is 16.1 Å². The van der Waals surface area contributed by atoms with Crippen molar-refractivity contribution < 1.29 is 18.6 Å². The Balaban J connectivity index is 1.29. The Morgan fingerprint density at radius 1 is 1.14 bits per heavy atom. The Morgan fingerprint density at radius 3 is 2.78 bits per heavy atom. The molecule has 0 saturated carbocycles. The summed E-state index contributed by atoms with van der Waals surface area (Å²) in [5, 5.41) is 0.610. The fourth-order valence-corrected chi connectivity index (χ4v) is 4.78. The van der Waals surface area contributed by atoms with Gasteiger partial charge in [0.2, 0.25) is 0 Å². The number of halogens is 2. The van der Waals surface area contributed by atoms with E-state index in [0.29, 0.717) is 29.5 Å². The molecule has 36 heavy (non-hydrogen) atoms. The van der Waals surface area contributed by atoms with E-state index >= 15 is 4.39 Å². The van der Waals surface area contributed by atoms with Crippen LogP contribution < -0.4 is 4.74 Å². The van der Waals surface area contributed by atoms with Crippen LogP contribution in [0, 0.1) is 12.7 Å². The second-order valence-corrected chi connectivity index (χ2v) is 9.32. The molecule has 0 N–H and O–H groups in total. The lowest BCUT2D eigenvalue weighted by atomic mass is 9.96. The van der Waals surface area contributed by atoms with Gasteiger partial charge in [-0.2, -0.15) is 0 Å². The highest BCUT2D eigenvalue weighted by Crippen LogP contribution is 2.33. The van der Waals surface area contributed by atoms with Gasteiger partial charge in [0.05, 0.1) is 12.2 Å². The standard InChI is InChI=1S/C29H28ClFN2O3/c1-19-32-11-12-33(19)23-8-6-22(27(30)16-23)18-36-25-5-3-4-20(14-25)26-9-7-21(15-28(26)31)29-17-24(34-2)10-13-35-29/h3-9,11-12,14-16,24,29H,10,13,17-18H2,1-2H3. The van der Waals surface area contributed by atoms with Crippen LogP contribution >= 0.6 is 11.6 Å². The van der Waals surface area contributed by atoms with Crippen molar-refractivity contribution in [3.63, 3.8) is 0 Å². The van der Waals surface area contributed by atoms with Crippen LogP contribution in [0.1, 0.15) is 35.9 Å². The van der Waals surface area contributed by atoms with Crippen LogP contribution in [0.15, 0.2) is 73.1 Å². The second kappa shape index (κ2) is 10.8. The summed E-state index contributed by atoms with van der Waals surface area (Å²) in [6.45, 7) is 2.85. The lowest BCUT2D eigenvalue weighted by molar-refractivity contribution is -0.0599. The van der Waals surface area contributed by atoms with Gasteiger partial charge in [-0.05, 0) is 54.8 Å². The smallest absolute Gasteiger partial charge is 0.131 e. The number of imidazole rings is 1. The van der Waals surface area contributed by atoms with Crippen molar-refractivity contribution >= 4 is 11.6 Å². The molecule has 1 fully saturated rings. The number of ether oxygens (including phenoxy) is 3. The lowest BCUT2D eigenvalue weighted by Crippen LogP contribution is -2.25. The van der Waals surface area contributed by atoms with E-state index in [0.717, 1.165) is 41.0 Å². The zero-order chi connectivity index (χ0) is 25.1. The summed E-state index contributed by atoms with van der Waals surface area (Å²) in [6.07, 6.45) is 5.22. The first-order chi connectivity index (χ1) is 17.5. The SMILES string of the molecule is COC1CCOC(c2ccc(-c3cccc(OCc4ccc(-n5ccnc5C)cc4Cl)c3)c(F)c2)C1. The molecule has 1 saturated heterocycles. The monoisotopic (exact) mass is 506 g/mol. The van der Waals surface area contributed by atoms with E-state index in [9.17, 15) is 0 Å². The van der Waals surface area contributed by atoms with Crippen molar-refractivity contribution in [2.24, 2.45) is 0 Å². The topological polar surface area (TPSA) is 45.5 Å². The van der Waals surface area contributed by atoms with E-state index in [4.69, 9.17) is 25.8 Å². The third kappa shape index (κ3) is 5.31. The van der Waals surface area contributed by atoms with Crippen LogP contribution in [0.4, 0.5) is 4.39 Å². The normalized spacial score (nSPS) is 17.8. The van der Waals surface area contributed by atoms with Crippen LogP contribution in [0.5, 0.6) is 5.75 Å². The Kier molecular flexibility index (Phi) is 7.37. The number of aromatic nitrogens is 2. The molecule has 0 radical (unpaired) electrons. The van der Waals surface area contributed by atoms with Crippen molar-refractivity contribution in [2.45, 2.75) is 38.6 Å². The van der Waals surface area contributed by atoms with E-state index < -0.39 is 0 Å². The quantitative estimate of drug-likeness (QED) is 0.268. The summed E-state index contributed by atoms with van der Waals surface area (Å²) in [7, 11) is 1.71. The molecule has 0 aliphatic carbocycles. The van der Waals surface area contributed by atoms with Crippen molar-refractivity contribution in [1.29, 1.82) is 0 Å². The summed E-state index contributed by atoms with van der Waals surface area (Å²) in [5.41, 5.74) is 3.89. The first kappa shape index (κ1) is 24.5. The third-order valence-corrected chi connectivity index (χ3v) is 6.97. The number of methoxy groups -OCH3 is 1. The molecule has 1 aliphatic rings.